The number of esters is 1. The van der Waals surface area contributed by atoms with Crippen LogP contribution in [-0.2, 0) is 15.8 Å². The number of aryl methyl sites for hydroxylation is 1. The van der Waals surface area contributed by atoms with Crippen LogP contribution >= 0.6 is 0 Å². The molecule has 2 aliphatic rings. The van der Waals surface area contributed by atoms with Gasteiger partial charge in [-0.2, -0.15) is 0 Å². The van der Waals surface area contributed by atoms with Gasteiger partial charge in [-0.1, -0.05) is 82.6 Å². The Labute approximate surface area is 271 Å². The number of hydrogen-bond acceptors (Lipinski definition) is 5. The van der Waals surface area contributed by atoms with Crippen molar-refractivity contribution in [3.8, 4) is 11.5 Å². The summed E-state index contributed by atoms with van der Waals surface area (Å²) in [5.74, 6) is 1.03. The first-order chi connectivity index (χ1) is 22.2. The molecule has 5 nitrogen and oxygen atoms in total. The van der Waals surface area contributed by atoms with Gasteiger partial charge in [-0.05, 0) is 84.5 Å². The first-order valence-electron chi connectivity index (χ1n) is 16.2. The highest BCUT2D eigenvalue weighted by Crippen LogP contribution is 2.57. The Bertz CT molecular complexity index is 1920. The third-order valence-corrected chi connectivity index (χ3v) is 9.19. The summed E-state index contributed by atoms with van der Waals surface area (Å²) in [5, 5.41) is 3.56. The number of para-hydroxylation sites is 1. The molecule has 232 valence electrons. The lowest BCUT2D eigenvalue weighted by atomic mass is 9.77. The summed E-state index contributed by atoms with van der Waals surface area (Å²) >= 11 is 0. The molecule has 0 aliphatic carbocycles. The molecule has 0 amide bonds. The zero-order valence-electron chi connectivity index (χ0n) is 27.2. The van der Waals surface area contributed by atoms with Crippen molar-refractivity contribution in [1.82, 2.24) is 0 Å². The van der Waals surface area contributed by atoms with Crippen molar-refractivity contribution in [1.29, 1.82) is 0 Å². The smallest absolute Gasteiger partial charge is 0.340 e. The molecule has 1 atom stereocenters. The van der Waals surface area contributed by atoms with Crippen LogP contribution in [-0.4, -0.2) is 12.5 Å². The quantitative estimate of drug-likeness (QED) is 0.186. The van der Waals surface area contributed by atoms with Crippen LogP contribution in [0, 0.1) is 6.92 Å². The van der Waals surface area contributed by atoms with Crippen molar-refractivity contribution in [2.75, 3.05) is 16.8 Å². The fraction of sp³-hybridized carbons (Fsp3) is 0.244. The first kappa shape index (κ1) is 29.7. The summed E-state index contributed by atoms with van der Waals surface area (Å²) in [7, 11) is 0. The summed E-state index contributed by atoms with van der Waals surface area (Å²) in [4.78, 5) is 15.8. The van der Waals surface area contributed by atoms with Gasteiger partial charge in [-0.25, -0.2) is 4.79 Å². The van der Waals surface area contributed by atoms with Crippen LogP contribution < -0.4 is 15.0 Å². The number of carbonyl (C=O) groups is 1. The van der Waals surface area contributed by atoms with Gasteiger partial charge in [0.15, 0.2) is 5.60 Å². The van der Waals surface area contributed by atoms with E-state index in [9.17, 15) is 4.79 Å². The lowest BCUT2D eigenvalue weighted by Crippen LogP contribution is -2.33. The summed E-state index contributed by atoms with van der Waals surface area (Å²) in [6.07, 6.45) is 2.13. The highest BCUT2D eigenvalue weighted by molar-refractivity contribution is 5.97. The highest BCUT2D eigenvalue weighted by Gasteiger charge is 2.53. The van der Waals surface area contributed by atoms with Crippen molar-refractivity contribution in [3.05, 3.63) is 143 Å². The molecule has 0 aromatic heterocycles. The third kappa shape index (κ3) is 5.00. The van der Waals surface area contributed by atoms with E-state index in [4.69, 9.17) is 9.47 Å². The molecular formula is C41H40N2O3. The van der Waals surface area contributed by atoms with Crippen LogP contribution in [0.4, 0.5) is 22.7 Å². The number of nitrogens with one attached hydrogen (secondary N) is 1. The standard InChI is InChI=1S/C41H40N2O3/c1-6-7-23-43(30-19-17-28(18-20-30)40(3,4)5)31-21-22-34-38(25-31)45-37-24-27(2)36(42-29-13-9-8-10-14-29)26-35(37)41(34)33-16-12-11-15-32(33)39(44)46-41/h8-22,24-26,42H,6-7,23H2,1-5H3. The Hall–Kier alpha value is -5.03. The molecule has 7 rings (SSSR count). The van der Waals surface area contributed by atoms with Gasteiger partial charge in [0.05, 0.1) is 5.56 Å². The maximum atomic E-state index is 13.5. The number of hydrogen-bond donors (Lipinski definition) is 1. The lowest BCUT2D eigenvalue weighted by molar-refractivity contribution is 0.0224. The molecular weight excluding hydrogens is 568 g/mol. The fourth-order valence-corrected chi connectivity index (χ4v) is 6.65. The maximum Gasteiger partial charge on any atom is 0.340 e. The maximum absolute atomic E-state index is 13.5. The summed E-state index contributed by atoms with van der Waals surface area (Å²) < 4.78 is 13.2. The Kier molecular flexibility index (Phi) is 7.35. The molecule has 1 N–H and O–H groups in total. The molecule has 1 spiro atoms. The van der Waals surface area contributed by atoms with Gasteiger partial charge < -0.3 is 19.7 Å². The molecule has 5 aromatic carbocycles. The number of benzene rings is 5. The SMILES string of the molecule is CCCCN(c1ccc(C(C)(C)C)cc1)c1ccc2c(c1)Oc1cc(C)c(Nc3ccccc3)cc1C21OC(=O)c2ccccc21. The lowest BCUT2D eigenvalue weighted by Gasteiger charge is -2.38. The van der Waals surface area contributed by atoms with E-state index in [1.165, 1.54) is 5.56 Å². The molecule has 0 radical (unpaired) electrons. The Morgan fingerprint density at radius 2 is 1.46 bits per heavy atom. The number of nitrogens with zero attached hydrogens (tertiary/aromatic N) is 1. The first-order valence-corrected chi connectivity index (χ1v) is 16.2. The van der Waals surface area contributed by atoms with Crippen LogP contribution in [0.2, 0.25) is 0 Å². The topological polar surface area (TPSA) is 50.8 Å². The number of carbonyl (C=O) groups excluding carboxylic acids is 1. The minimum atomic E-state index is -1.14. The van der Waals surface area contributed by atoms with Crippen molar-refractivity contribution in [3.63, 3.8) is 0 Å². The molecule has 2 heterocycles. The molecule has 0 bridgehead atoms. The van der Waals surface area contributed by atoms with Gasteiger partial charge in [0, 0.05) is 52.1 Å². The molecule has 46 heavy (non-hydrogen) atoms. The zero-order chi connectivity index (χ0) is 32.1. The van der Waals surface area contributed by atoms with E-state index in [0.29, 0.717) is 17.1 Å². The predicted molar refractivity (Wildman–Crippen MR) is 186 cm³/mol. The predicted octanol–water partition coefficient (Wildman–Crippen LogP) is 10.5. The third-order valence-electron chi connectivity index (χ3n) is 9.19. The molecule has 1 unspecified atom stereocenters. The Morgan fingerprint density at radius 3 is 2.20 bits per heavy atom. The molecule has 0 fully saturated rings. The van der Waals surface area contributed by atoms with Crippen LogP contribution in [0.3, 0.4) is 0 Å². The second-order valence-corrected chi connectivity index (χ2v) is 13.4. The van der Waals surface area contributed by atoms with Crippen molar-refractivity contribution in [2.45, 2.75) is 58.5 Å². The van der Waals surface area contributed by atoms with Crippen LogP contribution in [0.5, 0.6) is 11.5 Å². The van der Waals surface area contributed by atoms with E-state index in [1.54, 1.807) is 0 Å². The van der Waals surface area contributed by atoms with Gasteiger partial charge in [0.2, 0.25) is 0 Å². The molecule has 0 saturated carbocycles. The van der Waals surface area contributed by atoms with E-state index < -0.39 is 5.60 Å². The minimum Gasteiger partial charge on any atom is -0.456 e. The van der Waals surface area contributed by atoms with Crippen LogP contribution in [0.25, 0.3) is 0 Å². The summed E-state index contributed by atoms with van der Waals surface area (Å²) in [6, 6.07) is 37.1. The largest absolute Gasteiger partial charge is 0.456 e. The highest BCUT2D eigenvalue weighted by atomic mass is 16.6. The number of rotatable bonds is 7. The van der Waals surface area contributed by atoms with Crippen molar-refractivity contribution >= 4 is 28.7 Å². The summed E-state index contributed by atoms with van der Waals surface area (Å²) in [6.45, 7) is 11.9. The van der Waals surface area contributed by atoms with Gasteiger partial charge in [0.25, 0.3) is 0 Å². The second kappa shape index (κ2) is 11.4. The van der Waals surface area contributed by atoms with E-state index in [-0.39, 0.29) is 11.4 Å². The van der Waals surface area contributed by atoms with E-state index in [2.05, 4.69) is 93.4 Å². The minimum absolute atomic E-state index is 0.0811. The Morgan fingerprint density at radius 1 is 0.761 bits per heavy atom. The van der Waals surface area contributed by atoms with Crippen molar-refractivity contribution in [2.24, 2.45) is 0 Å². The van der Waals surface area contributed by atoms with Gasteiger partial charge in [-0.15, -0.1) is 0 Å². The van der Waals surface area contributed by atoms with E-state index in [0.717, 1.165) is 64.4 Å². The molecule has 5 aromatic rings. The molecule has 5 heteroatoms. The van der Waals surface area contributed by atoms with Crippen LogP contribution in [0.15, 0.2) is 109 Å². The number of anilines is 4. The average molecular weight is 609 g/mol. The monoisotopic (exact) mass is 608 g/mol. The Balaban J connectivity index is 1.37. The second-order valence-electron chi connectivity index (χ2n) is 13.4. The number of fused-ring (bicyclic) bond motifs is 6. The molecule has 2 aliphatic heterocycles. The van der Waals surface area contributed by atoms with Gasteiger partial charge in [-0.3, -0.25) is 0 Å². The normalized spacial score (nSPS) is 16.2. The van der Waals surface area contributed by atoms with E-state index in [1.807, 2.05) is 60.7 Å². The summed E-state index contributed by atoms with van der Waals surface area (Å²) in [5.41, 5.74) is 8.37. The van der Waals surface area contributed by atoms with Crippen LogP contribution in [0.1, 0.15) is 78.7 Å². The number of ether oxygens (including phenoxy) is 2. The number of unbranched alkanes of at least 4 members (excludes halogenated alkanes) is 1. The average Bonchev–Trinajstić information content (AvgIpc) is 3.35. The fourth-order valence-electron chi connectivity index (χ4n) is 6.65. The zero-order valence-corrected chi connectivity index (χ0v) is 27.2. The molecule has 0 saturated heterocycles. The van der Waals surface area contributed by atoms with E-state index >= 15 is 0 Å². The van der Waals surface area contributed by atoms with Gasteiger partial charge >= 0.3 is 5.97 Å². The van der Waals surface area contributed by atoms with Crippen molar-refractivity contribution < 1.29 is 14.3 Å². The van der Waals surface area contributed by atoms with Gasteiger partial charge in [0.1, 0.15) is 11.5 Å².